The molecule has 1 N–H and O–H groups in total. The van der Waals surface area contributed by atoms with Crippen LogP contribution >= 0.6 is 0 Å². The molecule has 16 heavy (non-hydrogen) atoms. The number of aromatic nitrogens is 1. The Kier molecular flexibility index (Phi) is 3.91. The van der Waals surface area contributed by atoms with Crippen LogP contribution in [0, 0.1) is 5.92 Å². The van der Waals surface area contributed by atoms with Gasteiger partial charge in [0.15, 0.2) is 0 Å². The minimum Gasteiger partial charge on any atom is -0.396 e. The molecular weight excluding hydrogens is 200 g/mol. The molecule has 0 aliphatic carbocycles. The molecule has 88 valence electrons. The van der Waals surface area contributed by atoms with Gasteiger partial charge < -0.3 is 5.11 Å². The highest BCUT2D eigenvalue weighted by Gasteiger charge is 2.24. The fourth-order valence-corrected chi connectivity index (χ4v) is 2.41. The molecule has 2 rings (SSSR count). The number of piperidine rings is 1. The maximum atomic E-state index is 9.22. The molecule has 1 aliphatic heterocycles. The van der Waals surface area contributed by atoms with Gasteiger partial charge >= 0.3 is 0 Å². The summed E-state index contributed by atoms with van der Waals surface area (Å²) in [5.74, 6) is 0.444. The van der Waals surface area contributed by atoms with Crippen molar-refractivity contribution in [2.24, 2.45) is 5.92 Å². The number of nitrogens with zero attached hydrogens (tertiary/aromatic N) is 2. The molecule has 3 heteroatoms. The van der Waals surface area contributed by atoms with E-state index in [9.17, 15) is 5.11 Å². The second kappa shape index (κ2) is 5.41. The van der Waals surface area contributed by atoms with Crippen molar-refractivity contribution >= 4 is 0 Å². The van der Waals surface area contributed by atoms with E-state index in [1.165, 1.54) is 6.42 Å². The van der Waals surface area contributed by atoms with Gasteiger partial charge in [0, 0.05) is 25.4 Å². The Morgan fingerprint density at radius 2 is 2.44 bits per heavy atom. The summed E-state index contributed by atoms with van der Waals surface area (Å²) in [6.45, 7) is 4.62. The van der Waals surface area contributed by atoms with Gasteiger partial charge in [-0.3, -0.25) is 9.88 Å². The number of likely N-dealkylation sites (tertiary alicyclic amines) is 1. The second-order valence-corrected chi connectivity index (χ2v) is 4.62. The number of hydrogen-bond donors (Lipinski definition) is 1. The summed E-state index contributed by atoms with van der Waals surface area (Å²) in [4.78, 5) is 6.82. The van der Waals surface area contributed by atoms with E-state index in [4.69, 9.17) is 0 Å². The van der Waals surface area contributed by atoms with Gasteiger partial charge in [0.2, 0.25) is 0 Å². The SMILES string of the molecule is C[C@H](c1ccccn1)N1CCC[C@H](CO)C1. The fourth-order valence-electron chi connectivity index (χ4n) is 2.41. The molecular formula is C13H20N2O. The van der Waals surface area contributed by atoms with Crippen LogP contribution in [0.1, 0.15) is 31.5 Å². The first kappa shape index (κ1) is 11.6. The van der Waals surface area contributed by atoms with Crippen molar-refractivity contribution in [3.05, 3.63) is 30.1 Å². The lowest BCUT2D eigenvalue weighted by Crippen LogP contribution is -2.38. The van der Waals surface area contributed by atoms with Crippen molar-refractivity contribution in [1.29, 1.82) is 0 Å². The van der Waals surface area contributed by atoms with E-state index >= 15 is 0 Å². The van der Waals surface area contributed by atoms with E-state index in [1.807, 2.05) is 18.3 Å². The highest BCUT2D eigenvalue weighted by molar-refractivity contribution is 5.08. The summed E-state index contributed by atoms with van der Waals surface area (Å²) in [6.07, 6.45) is 4.18. The molecule has 0 unspecified atom stereocenters. The van der Waals surface area contributed by atoms with Gasteiger partial charge in [-0.25, -0.2) is 0 Å². The molecule has 1 fully saturated rings. The van der Waals surface area contributed by atoms with Crippen LogP contribution in [-0.4, -0.2) is 34.7 Å². The van der Waals surface area contributed by atoms with Crippen molar-refractivity contribution in [2.45, 2.75) is 25.8 Å². The van der Waals surface area contributed by atoms with Crippen LogP contribution < -0.4 is 0 Å². The van der Waals surface area contributed by atoms with Gasteiger partial charge in [-0.15, -0.1) is 0 Å². The molecule has 0 amide bonds. The van der Waals surface area contributed by atoms with E-state index in [0.29, 0.717) is 18.6 Å². The lowest BCUT2D eigenvalue weighted by molar-refractivity contribution is 0.0922. The minimum atomic E-state index is 0.311. The van der Waals surface area contributed by atoms with Crippen LogP contribution in [0.4, 0.5) is 0 Å². The van der Waals surface area contributed by atoms with Crippen LogP contribution in [0.25, 0.3) is 0 Å². The van der Waals surface area contributed by atoms with Crippen LogP contribution in [-0.2, 0) is 0 Å². The molecule has 0 radical (unpaired) electrons. The molecule has 2 heterocycles. The number of rotatable bonds is 3. The molecule has 1 aromatic heterocycles. The van der Waals surface area contributed by atoms with Crippen LogP contribution in [0.2, 0.25) is 0 Å². The van der Waals surface area contributed by atoms with Gasteiger partial charge in [0.1, 0.15) is 0 Å². The molecule has 0 spiro atoms. The largest absolute Gasteiger partial charge is 0.396 e. The first-order chi connectivity index (χ1) is 7.81. The zero-order chi connectivity index (χ0) is 11.4. The number of hydrogen-bond acceptors (Lipinski definition) is 3. The third kappa shape index (κ3) is 2.60. The van der Waals surface area contributed by atoms with Gasteiger partial charge in [-0.2, -0.15) is 0 Å². The predicted molar refractivity (Wildman–Crippen MR) is 64.0 cm³/mol. The molecule has 0 aromatic carbocycles. The van der Waals surface area contributed by atoms with E-state index in [0.717, 1.165) is 25.2 Å². The van der Waals surface area contributed by atoms with Gasteiger partial charge in [-0.05, 0) is 44.4 Å². The van der Waals surface area contributed by atoms with Crippen molar-refractivity contribution in [2.75, 3.05) is 19.7 Å². The lowest BCUT2D eigenvalue weighted by Gasteiger charge is -2.35. The number of aliphatic hydroxyl groups is 1. The first-order valence-corrected chi connectivity index (χ1v) is 6.07. The first-order valence-electron chi connectivity index (χ1n) is 6.07. The molecule has 1 aromatic rings. The van der Waals surface area contributed by atoms with Crippen molar-refractivity contribution in [3.63, 3.8) is 0 Å². The summed E-state index contributed by atoms with van der Waals surface area (Å²) >= 11 is 0. The normalized spacial score (nSPS) is 24.2. The van der Waals surface area contributed by atoms with Crippen LogP contribution in [0.3, 0.4) is 0 Å². The summed E-state index contributed by atoms with van der Waals surface area (Å²) in [6, 6.07) is 6.42. The van der Waals surface area contributed by atoms with Crippen molar-refractivity contribution in [1.82, 2.24) is 9.88 Å². The molecule has 1 saturated heterocycles. The molecule has 0 bridgehead atoms. The van der Waals surface area contributed by atoms with Gasteiger partial charge in [0.05, 0.1) is 5.69 Å². The van der Waals surface area contributed by atoms with E-state index in [2.05, 4.69) is 22.9 Å². The van der Waals surface area contributed by atoms with Crippen molar-refractivity contribution in [3.8, 4) is 0 Å². The third-order valence-corrected chi connectivity index (χ3v) is 3.47. The second-order valence-electron chi connectivity index (χ2n) is 4.62. The zero-order valence-electron chi connectivity index (χ0n) is 9.84. The van der Waals surface area contributed by atoms with Crippen LogP contribution in [0.15, 0.2) is 24.4 Å². The Labute approximate surface area is 97.1 Å². The highest BCUT2D eigenvalue weighted by Crippen LogP contribution is 2.24. The maximum absolute atomic E-state index is 9.22. The van der Waals surface area contributed by atoms with Crippen molar-refractivity contribution < 1.29 is 5.11 Å². The average Bonchev–Trinajstić information content (AvgIpc) is 2.39. The molecule has 1 aliphatic rings. The molecule has 0 saturated carbocycles. The third-order valence-electron chi connectivity index (χ3n) is 3.47. The Bertz CT molecular complexity index is 315. The van der Waals surface area contributed by atoms with Gasteiger partial charge in [-0.1, -0.05) is 6.07 Å². The fraction of sp³-hybridized carbons (Fsp3) is 0.615. The Balaban J connectivity index is 2.01. The van der Waals surface area contributed by atoms with E-state index < -0.39 is 0 Å². The minimum absolute atomic E-state index is 0.311. The Morgan fingerprint density at radius 1 is 1.56 bits per heavy atom. The van der Waals surface area contributed by atoms with Crippen LogP contribution in [0.5, 0.6) is 0 Å². The highest BCUT2D eigenvalue weighted by atomic mass is 16.3. The zero-order valence-corrected chi connectivity index (χ0v) is 9.84. The summed E-state index contributed by atoms with van der Waals surface area (Å²) in [7, 11) is 0. The summed E-state index contributed by atoms with van der Waals surface area (Å²) < 4.78 is 0. The quantitative estimate of drug-likeness (QED) is 0.844. The number of pyridine rings is 1. The predicted octanol–water partition coefficient (Wildman–Crippen LogP) is 1.85. The monoisotopic (exact) mass is 220 g/mol. The topological polar surface area (TPSA) is 36.4 Å². The molecule has 3 nitrogen and oxygen atoms in total. The standard InChI is InChI=1S/C13H20N2O/c1-11(13-6-2-3-7-14-13)15-8-4-5-12(9-15)10-16/h2-3,6-7,11-12,16H,4-5,8-10H2,1H3/t11-,12+/m1/s1. The Morgan fingerprint density at radius 3 is 3.12 bits per heavy atom. The Hall–Kier alpha value is -0.930. The summed E-state index contributed by atoms with van der Waals surface area (Å²) in [5, 5.41) is 9.22. The van der Waals surface area contributed by atoms with E-state index in [1.54, 1.807) is 0 Å². The average molecular weight is 220 g/mol. The maximum Gasteiger partial charge on any atom is 0.0572 e. The lowest BCUT2D eigenvalue weighted by atomic mass is 9.97. The van der Waals surface area contributed by atoms with E-state index in [-0.39, 0.29) is 0 Å². The summed E-state index contributed by atoms with van der Waals surface area (Å²) in [5.41, 5.74) is 1.13. The number of aliphatic hydroxyl groups excluding tert-OH is 1. The molecule has 2 atom stereocenters. The smallest absolute Gasteiger partial charge is 0.0572 e. The van der Waals surface area contributed by atoms with Gasteiger partial charge in [0.25, 0.3) is 0 Å².